The minimum Gasteiger partial charge on any atom is -0.385 e. The van der Waals surface area contributed by atoms with Crippen molar-refractivity contribution in [1.82, 2.24) is 4.31 Å². The number of rotatable bonds is 4. The van der Waals surface area contributed by atoms with E-state index in [2.05, 4.69) is 0 Å². The molecule has 1 fully saturated rings. The summed E-state index contributed by atoms with van der Waals surface area (Å²) in [5.74, 6) is 0. The van der Waals surface area contributed by atoms with Crippen LogP contribution in [0.4, 0.5) is 0 Å². The standard InChI is InChI=1S/C19H23NO4S/c1-15-8-10-17(11-9-15)25(23,24)20-13-5-12-19(22,14-20)18(21)16-6-3-2-4-7-16/h2-4,6-11,18,21-22H,5,12-14H2,1H3/t18-,19-/m1/s1. The Labute approximate surface area is 148 Å². The Bertz CT molecular complexity index is 820. The summed E-state index contributed by atoms with van der Waals surface area (Å²) in [6.45, 7) is 2.10. The topological polar surface area (TPSA) is 77.8 Å². The van der Waals surface area contributed by atoms with Gasteiger partial charge in [0.2, 0.25) is 10.0 Å². The predicted octanol–water partition coefficient (Wildman–Crippen LogP) is 2.24. The van der Waals surface area contributed by atoms with Gasteiger partial charge in [0.25, 0.3) is 0 Å². The van der Waals surface area contributed by atoms with Gasteiger partial charge in [0, 0.05) is 13.1 Å². The number of benzene rings is 2. The number of aryl methyl sites for hydroxylation is 1. The molecule has 0 spiro atoms. The lowest BCUT2D eigenvalue weighted by Crippen LogP contribution is -2.53. The van der Waals surface area contributed by atoms with Crippen LogP contribution in [0.3, 0.4) is 0 Å². The zero-order chi connectivity index (χ0) is 18.1. The van der Waals surface area contributed by atoms with Gasteiger partial charge in [-0.05, 0) is 37.5 Å². The third-order valence-corrected chi connectivity index (χ3v) is 6.61. The minimum atomic E-state index is -3.70. The van der Waals surface area contributed by atoms with Crippen molar-refractivity contribution in [3.8, 4) is 0 Å². The number of piperidine rings is 1. The maximum absolute atomic E-state index is 12.9. The number of aliphatic hydroxyl groups excluding tert-OH is 1. The van der Waals surface area contributed by atoms with E-state index in [9.17, 15) is 18.6 Å². The first-order valence-corrected chi connectivity index (χ1v) is 9.79. The average Bonchev–Trinajstić information content (AvgIpc) is 2.62. The van der Waals surface area contributed by atoms with Gasteiger partial charge in [0.1, 0.15) is 11.7 Å². The number of hydrogen-bond acceptors (Lipinski definition) is 4. The summed E-state index contributed by atoms with van der Waals surface area (Å²) in [6.07, 6.45) is -0.293. The molecule has 2 N–H and O–H groups in total. The number of aliphatic hydroxyl groups is 2. The molecular weight excluding hydrogens is 338 g/mol. The summed E-state index contributed by atoms with van der Waals surface area (Å²) in [6, 6.07) is 15.5. The molecule has 0 unspecified atom stereocenters. The van der Waals surface area contributed by atoms with Crippen LogP contribution in [0, 0.1) is 6.92 Å². The molecule has 134 valence electrons. The van der Waals surface area contributed by atoms with Crippen molar-refractivity contribution in [2.24, 2.45) is 0 Å². The predicted molar refractivity (Wildman–Crippen MR) is 95.5 cm³/mol. The Balaban J connectivity index is 1.86. The van der Waals surface area contributed by atoms with E-state index in [1.165, 1.54) is 4.31 Å². The first-order chi connectivity index (χ1) is 11.8. The first-order valence-electron chi connectivity index (χ1n) is 8.35. The Morgan fingerprint density at radius 1 is 1.08 bits per heavy atom. The van der Waals surface area contributed by atoms with Gasteiger partial charge in [-0.3, -0.25) is 0 Å². The fourth-order valence-electron chi connectivity index (χ4n) is 3.26. The van der Waals surface area contributed by atoms with Crippen LogP contribution in [0.5, 0.6) is 0 Å². The fraction of sp³-hybridized carbons (Fsp3) is 0.368. The van der Waals surface area contributed by atoms with E-state index in [-0.39, 0.29) is 11.4 Å². The van der Waals surface area contributed by atoms with Crippen molar-refractivity contribution in [2.45, 2.75) is 36.4 Å². The monoisotopic (exact) mass is 361 g/mol. The van der Waals surface area contributed by atoms with Crippen LogP contribution in [0.2, 0.25) is 0 Å². The second-order valence-electron chi connectivity index (χ2n) is 6.67. The van der Waals surface area contributed by atoms with Crippen LogP contribution in [0.25, 0.3) is 0 Å². The van der Waals surface area contributed by atoms with Crippen molar-refractivity contribution in [3.05, 3.63) is 65.7 Å². The molecule has 2 aromatic rings. The fourth-order valence-corrected chi connectivity index (χ4v) is 4.80. The highest BCUT2D eigenvalue weighted by Gasteiger charge is 2.44. The third-order valence-electron chi connectivity index (χ3n) is 4.75. The van der Waals surface area contributed by atoms with Gasteiger partial charge in [-0.25, -0.2) is 8.42 Å². The summed E-state index contributed by atoms with van der Waals surface area (Å²) < 4.78 is 27.0. The van der Waals surface area contributed by atoms with E-state index >= 15 is 0 Å². The van der Waals surface area contributed by atoms with Gasteiger partial charge in [-0.2, -0.15) is 4.31 Å². The van der Waals surface area contributed by atoms with Gasteiger partial charge in [-0.15, -0.1) is 0 Å². The Morgan fingerprint density at radius 2 is 1.72 bits per heavy atom. The van der Waals surface area contributed by atoms with Crippen molar-refractivity contribution in [1.29, 1.82) is 0 Å². The van der Waals surface area contributed by atoms with Crippen LogP contribution in [-0.4, -0.2) is 41.6 Å². The molecule has 2 atom stereocenters. The molecule has 0 radical (unpaired) electrons. The molecule has 5 nitrogen and oxygen atoms in total. The maximum Gasteiger partial charge on any atom is 0.243 e. The zero-order valence-electron chi connectivity index (χ0n) is 14.2. The molecule has 1 saturated heterocycles. The number of β-amino-alcohol motifs (C(OH)–C–C–N with tert-alkyl or cyclic N) is 1. The van der Waals surface area contributed by atoms with E-state index in [1.807, 2.05) is 13.0 Å². The second-order valence-corrected chi connectivity index (χ2v) is 8.61. The molecule has 0 bridgehead atoms. The molecule has 25 heavy (non-hydrogen) atoms. The molecule has 1 heterocycles. The van der Waals surface area contributed by atoms with Crippen LogP contribution in [-0.2, 0) is 10.0 Å². The van der Waals surface area contributed by atoms with E-state index in [0.29, 0.717) is 24.9 Å². The number of sulfonamides is 1. The maximum atomic E-state index is 12.9. The van der Waals surface area contributed by atoms with Gasteiger partial charge in [0.05, 0.1) is 4.90 Å². The first kappa shape index (κ1) is 18.1. The lowest BCUT2D eigenvalue weighted by Gasteiger charge is -2.41. The van der Waals surface area contributed by atoms with Gasteiger partial charge < -0.3 is 10.2 Å². The van der Waals surface area contributed by atoms with E-state index < -0.39 is 21.7 Å². The highest BCUT2D eigenvalue weighted by molar-refractivity contribution is 7.89. The van der Waals surface area contributed by atoms with E-state index in [4.69, 9.17) is 0 Å². The molecule has 0 amide bonds. The summed E-state index contributed by atoms with van der Waals surface area (Å²) >= 11 is 0. The summed E-state index contributed by atoms with van der Waals surface area (Å²) in [5, 5.41) is 21.6. The quantitative estimate of drug-likeness (QED) is 0.876. The molecular formula is C19H23NO4S. The van der Waals surface area contributed by atoms with Crippen LogP contribution < -0.4 is 0 Å². The zero-order valence-corrected chi connectivity index (χ0v) is 15.0. The third kappa shape index (κ3) is 3.62. The summed E-state index contributed by atoms with van der Waals surface area (Å²) in [4.78, 5) is 0.205. The van der Waals surface area contributed by atoms with Gasteiger partial charge in [-0.1, -0.05) is 48.0 Å². The highest BCUT2D eigenvalue weighted by atomic mass is 32.2. The van der Waals surface area contributed by atoms with E-state index in [1.54, 1.807) is 48.5 Å². The largest absolute Gasteiger partial charge is 0.385 e. The lowest BCUT2D eigenvalue weighted by atomic mass is 9.85. The average molecular weight is 361 g/mol. The lowest BCUT2D eigenvalue weighted by molar-refractivity contribution is -0.104. The van der Waals surface area contributed by atoms with Crippen molar-refractivity contribution < 1.29 is 18.6 Å². The molecule has 1 aliphatic rings. The normalized spacial score (nSPS) is 23.3. The van der Waals surface area contributed by atoms with Gasteiger partial charge >= 0.3 is 0 Å². The number of nitrogens with zero attached hydrogens (tertiary/aromatic N) is 1. The molecule has 2 aromatic carbocycles. The molecule has 6 heteroatoms. The SMILES string of the molecule is Cc1ccc(S(=O)(=O)N2CCC[C@](O)([C@H](O)c3ccccc3)C2)cc1. The van der Waals surface area contributed by atoms with Crippen LogP contribution >= 0.6 is 0 Å². The molecule has 0 saturated carbocycles. The van der Waals surface area contributed by atoms with Crippen LogP contribution in [0.15, 0.2) is 59.5 Å². The van der Waals surface area contributed by atoms with Crippen molar-refractivity contribution in [2.75, 3.05) is 13.1 Å². The van der Waals surface area contributed by atoms with Crippen molar-refractivity contribution in [3.63, 3.8) is 0 Å². The summed E-state index contributed by atoms with van der Waals surface area (Å²) in [7, 11) is -3.70. The highest BCUT2D eigenvalue weighted by Crippen LogP contribution is 2.35. The Kier molecular flexibility index (Phi) is 4.97. The Morgan fingerprint density at radius 3 is 2.36 bits per heavy atom. The Hall–Kier alpha value is -1.73. The van der Waals surface area contributed by atoms with Gasteiger partial charge in [0.15, 0.2) is 0 Å². The molecule has 0 aliphatic carbocycles. The molecule has 3 rings (SSSR count). The molecule has 1 aliphatic heterocycles. The van der Waals surface area contributed by atoms with Crippen molar-refractivity contribution >= 4 is 10.0 Å². The van der Waals surface area contributed by atoms with E-state index in [0.717, 1.165) is 5.56 Å². The van der Waals surface area contributed by atoms with Crippen LogP contribution in [0.1, 0.15) is 30.1 Å². The smallest absolute Gasteiger partial charge is 0.243 e. The second kappa shape index (κ2) is 6.88. The summed E-state index contributed by atoms with van der Waals surface area (Å²) in [5.41, 5.74) is 0.0605. The minimum absolute atomic E-state index is 0.126. The number of hydrogen-bond donors (Lipinski definition) is 2. The molecule has 0 aromatic heterocycles.